The summed E-state index contributed by atoms with van der Waals surface area (Å²) in [5, 5.41) is 54.8. The molecule has 0 unspecified atom stereocenters. The number of nitrogens with zero attached hydrogens (tertiary/aromatic N) is 11. The van der Waals surface area contributed by atoms with Crippen molar-refractivity contribution in [3.63, 3.8) is 0 Å². The van der Waals surface area contributed by atoms with Gasteiger partial charge in [0.05, 0.1) is 52.0 Å². The number of thiophene rings is 5. The molecule has 5 fully saturated rings. The minimum Gasteiger partial charge on any atom is -0.364 e. The van der Waals surface area contributed by atoms with Gasteiger partial charge in [0, 0.05) is 72.5 Å². The smallest absolute Gasteiger partial charge is 0.275 e. The highest BCUT2D eigenvalue weighted by Gasteiger charge is 2.30. The minimum atomic E-state index is -0.520. The summed E-state index contributed by atoms with van der Waals surface area (Å²) in [5.74, 6) is 1.52. The van der Waals surface area contributed by atoms with Crippen LogP contribution in [0.5, 0.6) is 0 Å². The molecule has 4 saturated carbocycles. The zero-order valence-corrected chi connectivity index (χ0v) is 81.6. The Morgan fingerprint density at radius 3 is 0.744 bits per heavy atom. The van der Waals surface area contributed by atoms with Gasteiger partial charge in [-0.1, -0.05) is 278 Å². The van der Waals surface area contributed by atoms with Crippen molar-refractivity contribution in [2.45, 2.75) is 208 Å². The standard InChI is InChI=1S/C23H27N3OS.C22H25N3OS.2C21H23N3OS.C20H22N4OS/c1-15-9-11-17(12-10-15)20-14-18-19(13-16-7-5-4-6-8-16)24-25-21(22(18)28-20)23(27)26(2)3;1-14-8-10-16(11-9-14)19-13-17-18(12-15-6-4-3-5-7-15)24-25-20(21(17)27-19)22(26)23-2;2*1-13-7-9-15(10-8-13)18-12-16-17(11-14-5-3-2-4-6-14)23-24-19(21(22)25)20(16)26-18;1-12-2-4-14(5-3-12)17-11-15-16(10-13-6-8-22-9-7-13)23-24-18(20(21)25)19(15)26-17/h9-12,14,16H,4-8,13H2,1-3H3;8-11,13,15H,3-7,12H2,1-2H3,(H,23,26);2*7-10,12,14H,2-6,11H2,1H3,(H2,22,25);2-5,11,13,22H,6-10H2,1H3,(H2,21,25). The molecule has 0 radical (unpaired) electrons. The number of amides is 5. The molecule has 20 rings (SSSR count). The maximum atomic E-state index is 12.7. The van der Waals surface area contributed by atoms with Gasteiger partial charge in [-0.3, -0.25) is 24.0 Å². The minimum absolute atomic E-state index is 0.0842. The molecule has 26 heteroatoms. The van der Waals surface area contributed by atoms with E-state index in [1.54, 1.807) is 82.7 Å². The number of aryl methyl sites for hydroxylation is 5. The highest BCUT2D eigenvalue weighted by atomic mass is 32.1. The summed E-state index contributed by atoms with van der Waals surface area (Å²) >= 11 is 8.03. The third-order valence-electron chi connectivity index (χ3n) is 26.8. The molecule has 1 aliphatic heterocycles. The van der Waals surface area contributed by atoms with Gasteiger partial charge in [-0.05, 0) is 180 Å². The lowest BCUT2D eigenvalue weighted by atomic mass is 9.85. The quantitative estimate of drug-likeness (QED) is 0.0473. The van der Waals surface area contributed by atoms with Crippen molar-refractivity contribution in [2.75, 3.05) is 34.2 Å². The van der Waals surface area contributed by atoms with Gasteiger partial charge < -0.3 is 32.7 Å². The molecule has 688 valence electrons. The van der Waals surface area contributed by atoms with Crippen molar-refractivity contribution in [1.82, 2.24) is 66.5 Å². The van der Waals surface area contributed by atoms with E-state index in [1.807, 2.05) is 0 Å². The van der Waals surface area contributed by atoms with E-state index in [9.17, 15) is 24.0 Å². The first kappa shape index (κ1) is 94.8. The molecule has 133 heavy (non-hydrogen) atoms. The zero-order valence-electron chi connectivity index (χ0n) is 77.6. The lowest BCUT2D eigenvalue weighted by Gasteiger charge is -2.22. The van der Waals surface area contributed by atoms with E-state index in [-0.39, 0.29) is 28.9 Å². The Hall–Kier alpha value is -11.4. The van der Waals surface area contributed by atoms with Crippen molar-refractivity contribution in [3.8, 4) is 52.2 Å². The molecule has 0 atom stereocenters. The second-order valence-corrected chi connectivity index (χ2v) is 42.4. The van der Waals surface area contributed by atoms with Crippen molar-refractivity contribution in [2.24, 2.45) is 46.8 Å². The van der Waals surface area contributed by atoms with Gasteiger partial charge in [-0.15, -0.1) is 82.2 Å². The van der Waals surface area contributed by atoms with Crippen LogP contribution in [0.25, 0.3) is 103 Å². The van der Waals surface area contributed by atoms with Crippen LogP contribution in [0.2, 0.25) is 0 Å². The van der Waals surface area contributed by atoms with Gasteiger partial charge in [0.1, 0.15) is 0 Å². The Balaban J connectivity index is 0.000000121. The number of fused-ring (bicyclic) bond motifs is 5. The lowest BCUT2D eigenvalue weighted by Crippen LogP contribution is -2.29. The average Bonchev–Trinajstić information content (AvgIpc) is 1.66. The molecule has 4 aliphatic carbocycles. The fraction of sp³-hybridized carbons (Fsp3) is 0.393. The highest BCUT2D eigenvalue weighted by molar-refractivity contribution is 7.24. The van der Waals surface area contributed by atoms with Crippen LogP contribution in [0.1, 0.15) is 250 Å². The van der Waals surface area contributed by atoms with E-state index in [2.05, 4.69) is 248 Å². The number of nitrogens with two attached hydrogens (primary N) is 3. The molecule has 8 N–H and O–H groups in total. The number of carbonyl (C=O) groups excluding carboxylic acids is 5. The van der Waals surface area contributed by atoms with Crippen LogP contribution in [0.4, 0.5) is 0 Å². The number of rotatable bonds is 20. The molecule has 21 nitrogen and oxygen atoms in total. The second kappa shape index (κ2) is 44.2. The van der Waals surface area contributed by atoms with Gasteiger partial charge in [-0.2, -0.15) is 25.5 Å². The van der Waals surface area contributed by atoms with Gasteiger partial charge >= 0.3 is 0 Å². The normalized spacial score (nSPS) is 15.3. The molecular weight excluding hydrogens is 1750 g/mol. The summed E-state index contributed by atoms with van der Waals surface area (Å²) < 4.78 is 4.51. The van der Waals surface area contributed by atoms with E-state index < -0.39 is 17.7 Å². The third kappa shape index (κ3) is 23.3. The summed E-state index contributed by atoms with van der Waals surface area (Å²) in [6.45, 7) is 12.5. The zero-order chi connectivity index (χ0) is 92.8. The summed E-state index contributed by atoms with van der Waals surface area (Å²) in [4.78, 5) is 67.8. The summed E-state index contributed by atoms with van der Waals surface area (Å²) in [7, 11) is 5.17. The number of benzene rings is 5. The molecule has 1 saturated heterocycles. The number of primary amides is 3. The predicted molar refractivity (Wildman–Crippen MR) is 545 cm³/mol. The van der Waals surface area contributed by atoms with E-state index >= 15 is 0 Å². The number of piperidine rings is 1. The Morgan fingerprint density at radius 1 is 0.308 bits per heavy atom. The van der Waals surface area contributed by atoms with Crippen molar-refractivity contribution in [3.05, 3.63) is 236 Å². The van der Waals surface area contributed by atoms with Gasteiger partial charge in [0.25, 0.3) is 29.5 Å². The maximum Gasteiger partial charge on any atom is 0.275 e. The number of nitrogens with one attached hydrogen (secondary N) is 2. The fourth-order valence-corrected chi connectivity index (χ4v) is 25.0. The Bertz CT molecular complexity index is 6240. The second-order valence-electron chi connectivity index (χ2n) is 37.2. The third-order valence-corrected chi connectivity index (χ3v) is 32.8. The van der Waals surface area contributed by atoms with Crippen LogP contribution in [0.15, 0.2) is 152 Å². The Kier molecular flexibility index (Phi) is 31.5. The predicted octanol–water partition coefficient (Wildman–Crippen LogP) is 23.7. The highest BCUT2D eigenvalue weighted by Crippen LogP contribution is 2.45. The molecule has 0 bridgehead atoms. The molecular formula is C107H120N16O5S5. The number of hydrogen-bond acceptors (Lipinski definition) is 21. The number of carbonyl (C=O) groups is 5. The van der Waals surface area contributed by atoms with E-state index in [0.29, 0.717) is 41.0 Å². The van der Waals surface area contributed by atoms with Crippen LogP contribution in [-0.4, -0.2) is 120 Å². The number of aromatic nitrogens is 10. The Morgan fingerprint density at radius 2 is 0.519 bits per heavy atom. The molecule has 10 aromatic heterocycles. The molecule has 0 spiro atoms. The van der Waals surface area contributed by atoms with Crippen LogP contribution < -0.4 is 27.8 Å². The molecule has 11 heterocycles. The van der Waals surface area contributed by atoms with Gasteiger partial charge in [0.15, 0.2) is 28.5 Å². The average molecular weight is 1870 g/mol. The van der Waals surface area contributed by atoms with Gasteiger partial charge in [-0.25, -0.2) is 0 Å². The molecule has 5 aromatic carbocycles. The molecule has 15 aromatic rings. The number of hydrogen-bond donors (Lipinski definition) is 5. The van der Waals surface area contributed by atoms with Crippen LogP contribution >= 0.6 is 56.7 Å². The maximum absolute atomic E-state index is 12.7. The lowest BCUT2D eigenvalue weighted by molar-refractivity contribution is 0.0821. The summed E-state index contributed by atoms with van der Waals surface area (Å²) in [6, 6.07) is 53.3. The van der Waals surface area contributed by atoms with Crippen LogP contribution in [0.3, 0.4) is 0 Å². The van der Waals surface area contributed by atoms with E-state index in [1.165, 1.54) is 172 Å². The molecule has 5 aliphatic rings. The van der Waals surface area contributed by atoms with Gasteiger partial charge in [0.2, 0.25) is 0 Å². The van der Waals surface area contributed by atoms with Crippen molar-refractivity contribution in [1.29, 1.82) is 0 Å². The van der Waals surface area contributed by atoms with Crippen molar-refractivity contribution >= 4 is 137 Å². The van der Waals surface area contributed by atoms with Crippen molar-refractivity contribution < 1.29 is 24.0 Å². The SMILES string of the molecule is CNC(=O)c1nnc(CC2CCCCC2)c2cc(-c3ccc(C)cc3)sc12.Cc1ccc(-c2cc3c(CC4CCCCC4)nnc(C(=O)N(C)C)c3s2)cc1.Cc1ccc(-c2cc3c(CC4CCCCC4)nnc(C(N)=O)c3s2)cc1.Cc1ccc(-c2cc3c(CC4CCCCC4)nnc(C(N)=O)c3s2)cc1.Cc1ccc(-c2cc3c(CC4CCNCC4)nnc(C(N)=O)c3s2)cc1. The summed E-state index contributed by atoms with van der Waals surface area (Å²) in [6.07, 6.45) is 33.0. The first-order chi connectivity index (χ1) is 64.5. The summed E-state index contributed by atoms with van der Waals surface area (Å²) in [5.41, 5.74) is 35.4. The Labute approximate surface area is 798 Å². The molecule has 5 amide bonds. The van der Waals surface area contributed by atoms with E-state index in [0.717, 1.165) is 173 Å². The first-order valence-corrected chi connectivity index (χ1v) is 51.5. The fourth-order valence-electron chi connectivity index (χ4n) is 19.1. The largest absolute Gasteiger partial charge is 0.364 e. The van der Waals surface area contributed by atoms with E-state index in [4.69, 9.17) is 17.2 Å². The topological polar surface area (TPSA) is 320 Å². The monoisotopic (exact) mass is 1870 g/mol. The van der Waals surface area contributed by atoms with Crippen LogP contribution in [-0.2, 0) is 32.1 Å². The first-order valence-electron chi connectivity index (χ1n) is 47.4. The van der Waals surface area contributed by atoms with Crippen LogP contribution in [0, 0.1) is 64.2 Å².